The molecule has 8 nitrogen and oxygen atoms in total. The predicted molar refractivity (Wildman–Crippen MR) is 140 cm³/mol. The highest BCUT2D eigenvalue weighted by atomic mass is 35.5. The van der Waals surface area contributed by atoms with Crippen LogP contribution in [0.2, 0.25) is 5.02 Å². The molecular weight excluding hydrogens is 476 g/mol. The van der Waals surface area contributed by atoms with Crippen LogP contribution in [0.4, 0.5) is 16.2 Å². The van der Waals surface area contributed by atoms with E-state index < -0.39 is 0 Å². The molecule has 2 amide bonds. The van der Waals surface area contributed by atoms with Crippen LogP contribution in [0.15, 0.2) is 83.8 Å². The minimum atomic E-state index is -0.336. The molecule has 0 aliphatic carbocycles. The molecule has 0 aliphatic rings. The summed E-state index contributed by atoms with van der Waals surface area (Å²) in [7, 11) is 0. The Morgan fingerprint density at radius 1 is 1.00 bits per heavy atom. The maximum Gasteiger partial charge on any atom is 0.323 e. The molecule has 0 atom stereocenters. The summed E-state index contributed by atoms with van der Waals surface area (Å²) in [5.74, 6) is 0.891. The van der Waals surface area contributed by atoms with Gasteiger partial charge in [-0.15, -0.1) is 0 Å². The Hall–Kier alpha value is -4.43. The Morgan fingerprint density at radius 2 is 1.78 bits per heavy atom. The molecule has 0 aliphatic heterocycles. The topological polar surface area (TPSA) is 97.9 Å². The lowest BCUT2D eigenvalue weighted by Crippen LogP contribution is -2.20. The van der Waals surface area contributed by atoms with E-state index in [1.54, 1.807) is 24.5 Å². The van der Waals surface area contributed by atoms with Crippen molar-refractivity contribution in [3.8, 4) is 23.0 Å². The highest BCUT2D eigenvalue weighted by Gasteiger charge is 2.13. The smallest absolute Gasteiger partial charge is 0.323 e. The largest absolute Gasteiger partial charge is 0.332 e. The van der Waals surface area contributed by atoms with E-state index in [1.807, 2.05) is 73.1 Å². The number of carbonyl (C=O) groups excluding carboxylic acids is 1. The number of anilines is 2. The number of rotatable bonds is 6. The zero-order valence-corrected chi connectivity index (χ0v) is 20.5. The van der Waals surface area contributed by atoms with Crippen molar-refractivity contribution < 1.29 is 9.32 Å². The molecule has 2 N–H and O–H groups in total. The fourth-order valence-corrected chi connectivity index (χ4v) is 3.81. The molecule has 0 spiro atoms. The van der Waals surface area contributed by atoms with Gasteiger partial charge in [-0.1, -0.05) is 64.8 Å². The van der Waals surface area contributed by atoms with Gasteiger partial charge in [0.05, 0.1) is 6.33 Å². The first-order chi connectivity index (χ1) is 17.4. The second-order valence-electron chi connectivity index (χ2n) is 8.41. The van der Waals surface area contributed by atoms with Gasteiger partial charge in [0.25, 0.3) is 5.89 Å². The monoisotopic (exact) mass is 498 g/mol. The molecule has 3 aromatic carbocycles. The summed E-state index contributed by atoms with van der Waals surface area (Å²) in [4.78, 5) is 21.2. The molecule has 0 radical (unpaired) electrons. The van der Waals surface area contributed by atoms with Gasteiger partial charge in [0.2, 0.25) is 5.82 Å². The van der Waals surface area contributed by atoms with E-state index in [-0.39, 0.29) is 6.03 Å². The van der Waals surface area contributed by atoms with Gasteiger partial charge in [-0.2, -0.15) is 4.98 Å². The highest BCUT2D eigenvalue weighted by molar-refractivity contribution is 6.31. The lowest BCUT2D eigenvalue weighted by atomic mass is 10.1. The average molecular weight is 499 g/mol. The maximum atomic E-state index is 12.4. The third-order valence-corrected chi connectivity index (χ3v) is 6.09. The van der Waals surface area contributed by atoms with Gasteiger partial charge in [-0.25, -0.2) is 9.78 Å². The number of aromatic nitrogens is 4. The van der Waals surface area contributed by atoms with Crippen molar-refractivity contribution in [2.45, 2.75) is 20.4 Å². The number of halogens is 1. The SMILES string of the molecule is Cc1ccc(-c2noc(-c3cn(Cc4ccc(NC(=O)Nc5cccc(Cl)c5C)cc4)cn3)n2)cc1. The number of aryl methyl sites for hydroxylation is 1. The van der Waals surface area contributed by atoms with Crippen LogP contribution in [-0.4, -0.2) is 25.7 Å². The Labute approximate surface area is 213 Å². The Bertz CT molecular complexity index is 1510. The summed E-state index contributed by atoms with van der Waals surface area (Å²) >= 11 is 6.12. The molecule has 2 heterocycles. The number of benzene rings is 3. The number of carbonyl (C=O) groups is 1. The highest BCUT2D eigenvalue weighted by Crippen LogP contribution is 2.24. The Kier molecular flexibility index (Phi) is 6.51. The van der Waals surface area contributed by atoms with E-state index in [2.05, 4.69) is 25.8 Å². The molecule has 2 aromatic heterocycles. The molecular formula is C27H23ClN6O2. The first-order valence-corrected chi connectivity index (χ1v) is 11.7. The summed E-state index contributed by atoms with van der Waals surface area (Å²) in [6.45, 7) is 4.48. The fraction of sp³-hybridized carbons (Fsp3) is 0.111. The van der Waals surface area contributed by atoms with Crippen molar-refractivity contribution in [2.75, 3.05) is 10.6 Å². The Morgan fingerprint density at radius 3 is 2.56 bits per heavy atom. The average Bonchev–Trinajstić information content (AvgIpc) is 3.54. The van der Waals surface area contributed by atoms with Gasteiger partial charge < -0.3 is 19.7 Å². The molecule has 0 saturated carbocycles. The summed E-state index contributed by atoms with van der Waals surface area (Å²) in [6.07, 6.45) is 3.58. The molecule has 0 fully saturated rings. The van der Waals surface area contributed by atoms with Gasteiger partial charge in [0.15, 0.2) is 0 Å². The fourth-order valence-electron chi connectivity index (χ4n) is 3.64. The molecule has 0 saturated heterocycles. The summed E-state index contributed by atoms with van der Waals surface area (Å²) in [5, 5.41) is 10.3. The number of hydrogen-bond donors (Lipinski definition) is 2. The van der Waals surface area contributed by atoms with Gasteiger partial charge >= 0.3 is 6.03 Å². The van der Waals surface area contributed by atoms with Crippen LogP contribution in [0.3, 0.4) is 0 Å². The van der Waals surface area contributed by atoms with Gasteiger partial charge in [0.1, 0.15) is 5.69 Å². The zero-order valence-electron chi connectivity index (χ0n) is 19.7. The minimum Gasteiger partial charge on any atom is -0.332 e. The normalized spacial score (nSPS) is 10.9. The van der Waals surface area contributed by atoms with Crippen molar-refractivity contribution in [3.63, 3.8) is 0 Å². The van der Waals surface area contributed by atoms with Crippen LogP contribution in [-0.2, 0) is 6.54 Å². The number of nitrogens with one attached hydrogen (secondary N) is 2. The van der Waals surface area contributed by atoms with Crippen LogP contribution in [0.1, 0.15) is 16.7 Å². The lowest BCUT2D eigenvalue weighted by Gasteiger charge is -2.11. The number of nitrogens with zero attached hydrogens (tertiary/aromatic N) is 4. The number of urea groups is 1. The maximum absolute atomic E-state index is 12.4. The number of hydrogen-bond acceptors (Lipinski definition) is 5. The van der Waals surface area contributed by atoms with Gasteiger partial charge in [-0.05, 0) is 49.2 Å². The summed E-state index contributed by atoms with van der Waals surface area (Å²) in [5.41, 5.74) is 5.86. The van der Waals surface area contributed by atoms with E-state index in [4.69, 9.17) is 16.1 Å². The zero-order chi connectivity index (χ0) is 25.1. The summed E-state index contributed by atoms with van der Waals surface area (Å²) in [6, 6.07) is 20.6. The molecule has 36 heavy (non-hydrogen) atoms. The molecule has 9 heteroatoms. The first kappa shape index (κ1) is 23.3. The number of imidazole rings is 1. The third-order valence-electron chi connectivity index (χ3n) is 5.68. The van der Waals surface area contributed by atoms with E-state index in [9.17, 15) is 4.79 Å². The van der Waals surface area contributed by atoms with Crippen molar-refractivity contribution in [3.05, 3.63) is 101 Å². The molecule has 0 bridgehead atoms. The predicted octanol–water partition coefficient (Wildman–Crippen LogP) is 6.56. The second-order valence-corrected chi connectivity index (χ2v) is 8.82. The van der Waals surface area contributed by atoms with E-state index >= 15 is 0 Å². The van der Waals surface area contributed by atoms with Crippen LogP contribution < -0.4 is 10.6 Å². The van der Waals surface area contributed by atoms with Crippen LogP contribution in [0.25, 0.3) is 23.0 Å². The van der Waals surface area contributed by atoms with Gasteiger partial charge in [0, 0.05) is 34.7 Å². The minimum absolute atomic E-state index is 0.336. The van der Waals surface area contributed by atoms with Crippen molar-refractivity contribution >= 4 is 29.0 Å². The second kappa shape index (κ2) is 10.1. The third kappa shape index (κ3) is 5.29. The molecule has 5 aromatic rings. The first-order valence-electron chi connectivity index (χ1n) is 11.3. The van der Waals surface area contributed by atoms with Crippen LogP contribution in [0, 0.1) is 13.8 Å². The summed E-state index contributed by atoms with van der Waals surface area (Å²) < 4.78 is 7.35. The van der Waals surface area contributed by atoms with E-state index in [0.717, 1.165) is 16.7 Å². The van der Waals surface area contributed by atoms with Gasteiger partial charge in [-0.3, -0.25) is 0 Å². The van der Waals surface area contributed by atoms with Crippen molar-refractivity contribution in [1.29, 1.82) is 0 Å². The van der Waals surface area contributed by atoms with Crippen molar-refractivity contribution in [1.82, 2.24) is 19.7 Å². The number of amides is 2. The molecule has 180 valence electrons. The quantitative estimate of drug-likeness (QED) is 0.276. The van der Waals surface area contributed by atoms with E-state index in [0.29, 0.717) is 40.4 Å². The van der Waals surface area contributed by atoms with Crippen molar-refractivity contribution in [2.24, 2.45) is 0 Å². The standard InChI is InChI=1S/C27H23ClN6O2/c1-17-6-10-20(11-7-17)25-32-26(36-33-25)24-15-34(16-29-24)14-19-8-12-21(13-9-19)30-27(35)31-23-5-3-4-22(28)18(23)2/h3-13,15-16H,14H2,1-2H3,(H2,30,31,35). The molecule has 0 unspecified atom stereocenters. The van der Waals surface area contributed by atoms with E-state index in [1.165, 1.54) is 5.56 Å². The van der Waals surface area contributed by atoms with Crippen LogP contribution >= 0.6 is 11.6 Å². The lowest BCUT2D eigenvalue weighted by molar-refractivity contribution is 0.262. The molecule has 5 rings (SSSR count). The van der Waals surface area contributed by atoms with Crippen LogP contribution in [0.5, 0.6) is 0 Å². The Balaban J connectivity index is 1.20.